The number of halogens is 1. The summed E-state index contributed by atoms with van der Waals surface area (Å²) in [4.78, 5) is 11.2. The van der Waals surface area contributed by atoms with Crippen LogP contribution in [-0.2, 0) is 9.53 Å². The number of carbonyl (C=O) groups is 1. The molecule has 0 amide bonds. The van der Waals surface area contributed by atoms with Gasteiger partial charge in [-0.2, -0.15) is 0 Å². The van der Waals surface area contributed by atoms with E-state index in [2.05, 4.69) is 20.7 Å². The summed E-state index contributed by atoms with van der Waals surface area (Å²) < 4.78 is 5.38. The predicted molar refractivity (Wildman–Crippen MR) is 60.6 cm³/mol. The van der Waals surface area contributed by atoms with Crippen LogP contribution in [-0.4, -0.2) is 18.2 Å². The molecule has 0 aliphatic heterocycles. The minimum Gasteiger partial charge on any atom is -0.467 e. The number of aliphatic hydroxyl groups is 1. The van der Waals surface area contributed by atoms with Crippen LogP contribution in [0.4, 0.5) is 0 Å². The molecule has 1 aromatic rings. The van der Waals surface area contributed by atoms with E-state index in [4.69, 9.17) is 0 Å². The van der Waals surface area contributed by atoms with Crippen LogP contribution in [0.1, 0.15) is 22.8 Å². The first-order valence-corrected chi connectivity index (χ1v) is 5.29. The first-order chi connectivity index (χ1) is 6.99. The van der Waals surface area contributed by atoms with Crippen molar-refractivity contribution in [3.63, 3.8) is 0 Å². The van der Waals surface area contributed by atoms with Crippen molar-refractivity contribution in [3.05, 3.63) is 33.3 Å². The summed E-state index contributed by atoms with van der Waals surface area (Å²) in [5.74, 6) is -0.640. The van der Waals surface area contributed by atoms with Crippen LogP contribution < -0.4 is 0 Å². The van der Waals surface area contributed by atoms with Crippen molar-refractivity contribution in [3.8, 4) is 0 Å². The van der Waals surface area contributed by atoms with Gasteiger partial charge in [0.2, 0.25) is 0 Å². The second-order valence-corrected chi connectivity index (χ2v) is 4.18. The summed E-state index contributed by atoms with van der Waals surface area (Å²) in [6.45, 7) is 3.69. The van der Waals surface area contributed by atoms with Crippen molar-refractivity contribution in [1.29, 1.82) is 0 Å². The molecule has 3 nitrogen and oxygen atoms in total. The zero-order valence-electron chi connectivity index (χ0n) is 8.87. The molecule has 15 heavy (non-hydrogen) atoms. The normalized spacial score (nSPS) is 12.3. The second kappa shape index (κ2) is 4.77. The Kier molecular flexibility index (Phi) is 3.88. The first-order valence-electron chi connectivity index (χ1n) is 4.50. The molecule has 1 unspecified atom stereocenters. The molecule has 4 heteroatoms. The van der Waals surface area contributed by atoms with Gasteiger partial charge in [0.05, 0.1) is 7.11 Å². The lowest BCUT2D eigenvalue weighted by Crippen LogP contribution is -2.16. The minimum absolute atomic E-state index is 0.608. The van der Waals surface area contributed by atoms with Gasteiger partial charge in [0.1, 0.15) is 0 Å². The standard InChI is InChI=1S/C11H13BrO3/c1-6-4-5-8(12)7(2)9(6)10(13)11(14)15-3/h4-5,10,13H,1-3H3. The van der Waals surface area contributed by atoms with E-state index in [1.165, 1.54) is 7.11 Å². The molecule has 0 aliphatic rings. The second-order valence-electron chi connectivity index (χ2n) is 3.33. The van der Waals surface area contributed by atoms with Gasteiger partial charge in [-0.3, -0.25) is 0 Å². The Balaban J connectivity index is 3.24. The van der Waals surface area contributed by atoms with E-state index in [0.29, 0.717) is 5.56 Å². The number of hydrogen-bond donors (Lipinski definition) is 1. The molecular weight excluding hydrogens is 260 g/mol. The van der Waals surface area contributed by atoms with Gasteiger partial charge in [-0.05, 0) is 36.6 Å². The Labute approximate surface area is 97.2 Å². The van der Waals surface area contributed by atoms with Crippen molar-refractivity contribution in [2.75, 3.05) is 7.11 Å². The fourth-order valence-electron chi connectivity index (χ4n) is 1.49. The molecule has 1 aromatic carbocycles. The van der Waals surface area contributed by atoms with E-state index in [1.54, 1.807) is 0 Å². The van der Waals surface area contributed by atoms with Gasteiger partial charge in [-0.15, -0.1) is 0 Å². The van der Waals surface area contributed by atoms with E-state index in [0.717, 1.165) is 15.6 Å². The van der Waals surface area contributed by atoms with E-state index >= 15 is 0 Å². The number of hydrogen-bond acceptors (Lipinski definition) is 3. The Hall–Kier alpha value is -0.870. The Morgan fingerprint density at radius 3 is 2.60 bits per heavy atom. The maximum Gasteiger partial charge on any atom is 0.339 e. The van der Waals surface area contributed by atoms with E-state index in [-0.39, 0.29) is 0 Å². The molecule has 0 spiro atoms. The fourth-order valence-corrected chi connectivity index (χ4v) is 1.83. The van der Waals surface area contributed by atoms with Gasteiger partial charge in [0.15, 0.2) is 6.10 Å². The minimum atomic E-state index is -1.22. The summed E-state index contributed by atoms with van der Waals surface area (Å²) in [7, 11) is 1.26. The highest BCUT2D eigenvalue weighted by Crippen LogP contribution is 2.28. The highest BCUT2D eigenvalue weighted by molar-refractivity contribution is 9.10. The molecule has 0 bridgehead atoms. The zero-order valence-corrected chi connectivity index (χ0v) is 10.5. The maximum atomic E-state index is 11.2. The summed E-state index contributed by atoms with van der Waals surface area (Å²) in [6.07, 6.45) is -1.22. The third-order valence-electron chi connectivity index (χ3n) is 2.36. The molecule has 0 fully saturated rings. The highest BCUT2D eigenvalue weighted by atomic mass is 79.9. The van der Waals surface area contributed by atoms with Crippen molar-refractivity contribution in [1.82, 2.24) is 0 Å². The van der Waals surface area contributed by atoms with Crippen molar-refractivity contribution in [2.45, 2.75) is 20.0 Å². The van der Waals surface area contributed by atoms with Crippen LogP contribution in [0, 0.1) is 13.8 Å². The first kappa shape index (κ1) is 12.2. The highest BCUT2D eigenvalue weighted by Gasteiger charge is 2.22. The Bertz CT molecular complexity index is 388. The smallest absolute Gasteiger partial charge is 0.339 e. The summed E-state index contributed by atoms with van der Waals surface area (Å²) in [5, 5.41) is 9.78. The van der Waals surface area contributed by atoms with Crippen LogP contribution in [0.2, 0.25) is 0 Å². The van der Waals surface area contributed by atoms with Crippen LogP contribution in [0.3, 0.4) is 0 Å². The molecular formula is C11H13BrO3. The van der Waals surface area contributed by atoms with Gasteiger partial charge in [-0.1, -0.05) is 22.0 Å². The quantitative estimate of drug-likeness (QED) is 0.841. The van der Waals surface area contributed by atoms with Gasteiger partial charge in [0, 0.05) is 4.47 Å². The Morgan fingerprint density at radius 1 is 1.47 bits per heavy atom. The van der Waals surface area contributed by atoms with E-state index in [1.807, 2.05) is 26.0 Å². The molecule has 82 valence electrons. The summed E-state index contributed by atoms with van der Waals surface area (Å²) in [6, 6.07) is 3.73. The zero-order chi connectivity index (χ0) is 11.6. The molecule has 0 aromatic heterocycles. The number of methoxy groups -OCH3 is 1. The lowest BCUT2D eigenvalue weighted by molar-refractivity contribution is -0.150. The van der Waals surface area contributed by atoms with Crippen molar-refractivity contribution >= 4 is 21.9 Å². The van der Waals surface area contributed by atoms with Gasteiger partial charge >= 0.3 is 5.97 Å². The fraction of sp³-hybridized carbons (Fsp3) is 0.364. The van der Waals surface area contributed by atoms with Crippen LogP contribution >= 0.6 is 15.9 Å². The molecule has 0 heterocycles. The largest absolute Gasteiger partial charge is 0.467 e. The number of ether oxygens (including phenoxy) is 1. The SMILES string of the molecule is COC(=O)C(O)c1c(C)ccc(Br)c1C. The third kappa shape index (κ3) is 2.38. The van der Waals surface area contributed by atoms with Gasteiger partial charge in [-0.25, -0.2) is 4.79 Å². The average Bonchev–Trinajstić information content (AvgIpc) is 2.22. The number of esters is 1. The molecule has 1 N–H and O–H groups in total. The number of benzene rings is 1. The number of rotatable bonds is 2. The summed E-state index contributed by atoms with van der Waals surface area (Å²) >= 11 is 3.36. The lowest BCUT2D eigenvalue weighted by Gasteiger charge is -2.15. The van der Waals surface area contributed by atoms with Crippen LogP contribution in [0.15, 0.2) is 16.6 Å². The van der Waals surface area contributed by atoms with Crippen molar-refractivity contribution in [2.24, 2.45) is 0 Å². The molecule has 0 radical (unpaired) electrons. The van der Waals surface area contributed by atoms with E-state index in [9.17, 15) is 9.90 Å². The molecule has 0 saturated carbocycles. The molecule has 1 rings (SSSR count). The number of aryl methyl sites for hydroxylation is 1. The molecule has 1 atom stereocenters. The average molecular weight is 273 g/mol. The van der Waals surface area contributed by atoms with Crippen LogP contribution in [0.25, 0.3) is 0 Å². The topological polar surface area (TPSA) is 46.5 Å². The number of carbonyl (C=O) groups excluding carboxylic acids is 1. The third-order valence-corrected chi connectivity index (χ3v) is 3.22. The summed E-state index contributed by atoms with van der Waals surface area (Å²) in [5.41, 5.74) is 2.33. The number of aliphatic hydroxyl groups excluding tert-OH is 1. The van der Waals surface area contributed by atoms with E-state index < -0.39 is 12.1 Å². The maximum absolute atomic E-state index is 11.2. The molecule has 0 aliphatic carbocycles. The van der Waals surface area contributed by atoms with Crippen LogP contribution in [0.5, 0.6) is 0 Å². The predicted octanol–water partition coefficient (Wildman–Crippen LogP) is 2.27. The van der Waals surface area contributed by atoms with Gasteiger partial charge in [0.25, 0.3) is 0 Å². The van der Waals surface area contributed by atoms with Gasteiger partial charge < -0.3 is 9.84 Å². The monoisotopic (exact) mass is 272 g/mol. The molecule has 0 saturated heterocycles. The van der Waals surface area contributed by atoms with Crippen molar-refractivity contribution < 1.29 is 14.6 Å². The Morgan fingerprint density at radius 2 is 2.07 bits per heavy atom. The lowest BCUT2D eigenvalue weighted by atomic mass is 9.98.